The minimum Gasteiger partial charge on any atom is -0.331 e. The van der Waals surface area contributed by atoms with E-state index in [9.17, 15) is 8.42 Å². The average molecular weight is 237 g/mol. The van der Waals surface area contributed by atoms with Crippen molar-refractivity contribution in [1.29, 1.82) is 0 Å². The van der Waals surface area contributed by atoms with Gasteiger partial charge in [0.2, 0.25) is 9.05 Å². The summed E-state index contributed by atoms with van der Waals surface area (Å²) in [6.07, 6.45) is 3.33. The van der Waals surface area contributed by atoms with Gasteiger partial charge in [0.25, 0.3) is 0 Å². The summed E-state index contributed by atoms with van der Waals surface area (Å²) in [5.41, 5.74) is 0. The summed E-state index contributed by atoms with van der Waals surface area (Å²) < 4.78 is 24.0. The van der Waals surface area contributed by atoms with Crippen LogP contribution in [0.15, 0.2) is 12.4 Å². The maximum Gasteiger partial charge on any atom is 0.242 e. The molecule has 0 saturated carbocycles. The zero-order chi connectivity index (χ0) is 10.9. The van der Waals surface area contributed by atoms with Crippen molar-refractivity contribution >= 4 is 19.7 Å². The van der Waals surface area contributed by atoms with Crippen molar-refractivity contribution in [3.63, 3.8) is 0 Å². The second-order valence-electron chi connectivity index (χ2n) is 3.40. The number of hydrogen-bond donors (Lipinski definition) is 0. The van der Waals surface area contributed by atoms with Crippen LogP contribution in [0.2, 0.25) is 0 Å². The Morgan fingerprint density at radius 2 is 2.00 bits per heavy atom. The largest absolute Gasteiger partial charge is 0.331 e. The zero-order valence-electron chi connectivity index (χ0n) is 8.31. The topological polar surface area (TPSA) is 52.0 Å². The Kier molecular flexibility index (Phi) is 3.21. The molecular formula is C8H13ClN2O2S. The third-order valence-electron chi connectivity index (χ3n) is 2.04. The lowest BCUT2D eigenvalue weighted by atomic mass is 10.3. The van der Waals surface area contributed by atoms with Gasteiger partial charge in [0.15, 0.2) is 0 Å². The lowest BCUT2D eigenvalue weighted by molar-refractivity contribution is 0.554. The molecule has 80 valence electrons. The molecule has 0 saturated heterocycles. The molecule has 6 heteroatoms. The molecule has 1 rings (SSSR count). The highest BCUT2D eigenvalue weighted by Gasteiger charge is 2.24. The molecule has 4 nitrogen and oxygen atoms in total. The highest BCUT2D eigenvalue weighted by atomic mass is 35.7. The van der Waals surface area contributed by atoms with Crippen LogP contribution in [0.1, 0.15) is 37.9 Å². The van der Waals surface area contributed by atoms with Crippen LogP contribution in [-0.2, 0) is 9.05 Å². The highest BCUT2D eigenvalue weighted by Crippen LogP contribution is 2.25. The summed E-state index contributed by atoms with van der Waals surface area (Å²) in [6.45, 7) is 5.45. The minimum atomic E-state index is -3.59. The number of imidazole rings is 1. The molecule has 0 aromatic carbocycles. The van der Waals surface area contributed by atoms with E-state index in [4.69, 9.17) is 10.7 Å². The Morgan fingerprint density at radius 3 is 2.43 bits per heavy atom. The van der Waals surface area contributed by atoms with Crippen molar-refractivity contribution < 1.29 is 8.42 Å². The number of rotatable bonds is 3. The summed E-state index contributed by atoms with van der Waals surface area (Å²) in [6, 6.07) is 0.174. The molecule has 0 unspecified atom stereocenters. The zero-order valence-corrected chi connectivity index (χ0v) is 9.88. The van der Waals surface area contributed by atoms with Gasteiger partial charge in [-0.3, -0.25) is 0 Å². The third-order valence-corrected chi connectivity index (χ3v) is 3.90. The molecule has 1 aromatic heterocycles. The van der Waals surface area contributed by atoms with Crippen molar-refractivity contribution in [2.24, 2.45) is 0 Å². The molecule has 0 aliphatic carbocycles. The molecule has 0 amide bonds. The van der Waals surface area contributed by atoms with E-state index in [0.29, 0.717) is 5.82 Å². The van der Waals surface area contributed by atoms with Crippen LogP contribution in [0.25, 0.3) is 0 Å². The molecule has 1 aromatic rings. The summed E-state index contributed by atoms with van der Waals surface area (Å²) in [7, 11) is 1.68. The van der Waals surface area contributed by atoms with Crippen LogP contribution in [-0.4, -0.2) is 18.0 Å². The van der Waals surface area contributed by atoms with Crippen LogP contribution in [0.3, 0.4) is 0 Å². The fourth-order valence-electron chi connectivity index (χ4n) is 1.20. The average Bonchev–Trinajstić information content (AvgIpc) is 2.48. The van der Waals surface area contributed by atoms with Crippen molar-refractivity contribution in [3.8, 4) is 0 Å². The summed E-state index contributed by atoms with van der Waals surface area (Å²) in [4.78, 5) is 4.00. The first-order valence-electron chi connectivity index (χ1n) is 4.30. The first kappa shape index (κ1) is 11.5. The second-order valence-corrected chi connectivity index (χ2v) is 6.35. The molecule has 0 spiro atoms. The molecule has 0 aliphatic heterocycles. The molecule has 0 radical (unpaired) electrons. The van der Waals surface area contributed by atoms with Gasteiger partial charge in [-0.15, -0.1) is 0 Å². The number of nitrogens with zero attached hydrogens (tertiary/aromatic N) is 2. The standard InChI is InChI=1S/C8H13ClN2O2S/c1-6(2)11-5-4-10-8(11)7(3)14(9,12)13/h4-7H,1-3H3/t7-/m0/s1. The van der Waals surface area contributed by atoms with Gasteiger partial charge in [-0.05, 0) is 20.8 Å². The maximum atomic E-state index is 11.1. The normalized spacial score (nSPS) is 14.6. The van der Waals surface area contributed by atoms with E-state index in [2.05, 4.69) is 4.98 Å². The molecule has 0 aliphatic rings. The third kappa shape index (κ3) is 2.27. The predicted octanol–water partition coefficient (Wildman–Crippen LogP) is 2.09. The van der Waals surface area contributed by atoms with Crippen LogP contribution in [0.5, 0.6) is 0 Å². The molecule has 0 bridgehead atoms. The molecule has 0 N–H and O–H groups in total. The van der Waals surface area contributed by atoms with E-state index in [0.717, 1.165) is 0 Å². The SMILES string of the molecule is CC(C)n1ccnc1[C@H](C)S(=O)(=O)Cl. The Balaban J connectivity index is 3.14. The van der Waals surface area contributed by atoms with Crippen LogP contribution in [0.4, 0.5) is 0 Å². The van der Waals surface area contributed by atoms with E-state index in [-0.39, 0.29) is 6.04 Å². The predicted molar refractivity (Wildman–Crippen MR) is 55.8 cm³/mol. The van der Waals surface area contributed by atoms with Gasteiger partial charge in [-0.1, -0.05) is 0 Å². The molecule has 0 fully saturated rings. The van der Waals surface area contributed by atoms with Gasteiger partial charge in [-0.25, -0.2) is 13.4 Å². The number of hydrogen-bond acceptors (Lipinski definition) is 3. The van der Waals surface area contributed by atoms with Crippen molar-refractivity contribution in [1.82, 2.24) is 9.55 Å². The fourth-order valence-corrected chi connectivity index (χ4v) is 1.88. The van der Waals surface area contributed by atoms with Crippen molar-refractivity contribution in [3.05, 3.63) is 18.2 Å². The van der Waals surface area contributed by atoms with E-state index in [1.54, 1.807) is 17.0 Å². The van der Waals surface area contributed by atoms with Gasteiger partial charge < -0.3 is 4.57 Å². The fraction of sp³-hybridized carbons (Fsp3) is 0.625. The smallest absolute Gasteiger partial charge is 0.242 e. The molecule has 14 heavy (non-hydrogen) atoms. The number of halogens is 1. The Hall–Kier alpha value is -0.550. The van der Waals surface area contributed by atoms with Gasteiger partial charge in [0.1, 0.15) is 11.1 Å². The van der Waals surface area contributed by atoms with Gasteiger partial charge in [0, 0.05) is 29.1 Å². The van der Waals surface area contributed by atoms with E-state index in [1.807, 2.05) is 13.8 Å². The van der Waals surface area contributed by atoms with Crippen LogP contribution < -0.4 is 0 Å². The van der Waals surface area contributed by atoms with Crippen molar-refractivity contribution in [2.45, 2.75) is 32.1 Å². The van der Waals surface area contributed by atoms with Crippen LogP contribution in [0, 0.1) is 0 Å². The monoisotopic (exact) mass is 236 g/mol. The highest BCUT2D eigenvalue weighted by molar-refractivity contribution is 8.13. The maximum absolute atomic E-state index is 11.1. The number of aromatic nitrogens is 2. The van der Waals surface area contributed by atoms with Gasteiger partial charge >= 0.3 is 0 Å². The van der Waals surface area contributed by atoms with Crippen LogP contribution >= 0.6 is 10.7 Å². The minimum absolute atomic E-state index is 0.174. The summed E-state index contributed by atoms with van der Waals surface area (Å²) >= 11 is 0. The molecule has 1 heterocycles. The Bertz CT molecular complexity index is 411. The molecular weight excluding hydrogens is 224 g/mol. The van der Waals surface area contributed by atoms with E-state index < -0.39 is 14.3 Å². The van der Waals surface area contributed by atoms with Gasteiger partial charge in [-0.2, -0.15) is 0 Å². The second kappa shape index (κ2) is 3.90. The summed E-state index contributed by atoms with van der Waals surface area (Å²) in [5.74, 6) is 0.481. The first-order chi connectivity index (χ1) is 6.34. The van der Waals surface area contributed by atoms with E-state index >= 15 is 0 Å². The van der Waals surface area contributed by atoms with E-state index in [1.165, 1.54) is 6.92 Å². The van der Waals surface area contributed by atoms with Crippen molar-refractivity contribution in [2.75, 3.05) is 0 Å². The quantitative estimate of drug-likeness (QED) is 0.756. The Morgan fingerprint density at radius 1 is 1.43 bits per heavy atom. The lowest BCUT2D eigenvalue weighted by Gasteiger charge is -2.14. The first-order valence-corrected chi connectivity index (χ1v) is 6.67. The van der Waals surface area contributed by atoms with Gasteiger partial charge in [0.05, 0.1) is 0 Å². The Labute approximate surface area is 88.3 Å². The lowest BCUT2D eigenvalue weighted by Crippen LogP contribution is -2.12. The molecule has 1 atom stereocenters. The summed E-state index contributed by atoms with van der Waals surface area (Å²) in [5, 5.41) is -0.776.